The van der Waals surface area contributed by atoms with Crippen LogP contribution in [-0.2, 0) is 5.75 Å². The lowest BCUT2D eigenvalue weighted by Gasteiger charge is -2.04. The van der Waals surface area contributed by atoms with E-state index in [1.54, 1.807) is 12.1 Å². The van der Waals surface area contributed by atoms with Crippen molar-refractivity contribution in [3.8, 4) is 0 Å². The maximum absolute atomic E-state index is 13.5. The molecular formula is C12H11ClFN3S. The van der Waals surface area contributed by atoms with E-state index in [0.717, 1.165) is 5.69 Å². The molecule has 6 heteroatoms. The molecule has 0 radical (unpaired) electrons. The van der Waals surface area contributed by atoms with E-state index in [2.05, 4.69) is 9.97 Å². The van der Waals surface area contributed by atoms with Crippen LogP contribution in [0, 0.1) is 12.7 Å². The second kappa shape index (κ2) is 5.54. The number of halogens is 2. The van der Waals surface area contributed by atoms with Crippen LogP contribution in [0.2, 0.25) is 5.02 Å². The molecule has 0 unspecified atom stereocenters. The van der Waals surface area contributed by atoms with Crippen LogP contribution < -0.4 is 5.73 Å². The van der Waals surface area contributed by atoms with Gasteiger partial charge < -0.3 is 5.73 Å². The highest BCUT2D eigenvalue weighted by molar-refractivity contribution is 7.98. The minimum Gasteiger partial charge on any atom is -0.384 e. The summed E-state index contributed by atoms with van der Waals surface area (Å²) in [5, 5.41) is 1.04. The first-order valence-electron chi connectivity index (χ1n) is 5.22. The predicted octanol–water partition coefficient (Wildman–Crippen LogP) is 3.45. The number of nitrogen functional groups attached to an aromatic ring is 1. The van der Waals surface area contributed by atoms with Crippen LogP contribution in [0.3, 0.4) is 0 Å². The van der Waals surface area contributed by atoms with Crippen LogP contribution in [0.1, 0.15) is 11.3 Å². The molecule has 2 aromatic rings. The summed E-state index contributed by atoms with van der Waals surface area (Å²) < 4.78 is 13.5. The number of hydrogen-bond donors (Lipinski definition) is 1. The first kappa shape index (κ1) is 13.1. The van der Waals surface area contributed by atoms with E-state index in [-0.39, 0.29) is 5.82 Å². The number of nitrogens with two attached hydrogens (primary N) is 1. The van der Waals surface area contributed by atoms with Gasteiger partial charge in [0, 0.05) is 22.5 Å². The van der Waals surface area contributed by atoms with Crippen molar-refractivity contribution in [3.05, 3.63) is 46.4 Å². The Labute approximate surface area is 114 Å². The molecular weight excluding hydrogens is 273 g/mol. The zero-order chi connectivity index (χ0) is 13.1. The zero-order valence-corrected chi connectivity index (χ0v) is 11.2. The summed E-state index contributed by atoms with van der Waals surface area (Å²) >= 11 is 7.15. The van der Waals surface area contributed by atoms with Crippen LogP contribution in [-0.4, -0.2) is 9.97 Å². The maximum Gasteiger partial charge on any atom is 0.190 e. The Morgan fingerprint density at radius 3 is 2.83 bits per heavy atom. The lowest BCUT2D eigenvalue weighted by molar-refractivity contribution is 0.617. The third-order valence-electron chi connectivity index (χ3n) is 2.22. The quantitative estimate of drug-likeness (QED) is 0.692. The Morgan fingerprint density at radius 2 is 2.11 bits per heavy atom. The second-order valence-electron chi connectivity index (χ2n) is 3.74. The first-order chi connectivity index (χ1) is 8.54. The zero-order valence-electron chi connectivity index (χ0n) is 9.65. The first-order valence-corrected chi connectivity index (χ1v) is 6.59. The second-order valence-corrected chi connectivity index (χ2v) is 5.12. The van der Waals surface area contributed by atoms with Gasteiger partial charge in [0.15, 0.2) is 5.16 Å². The fourth-order valence-electron chi connectivity index (χ4n) is 1.43. The molecule has 0 saturated carbocycles. The van der Waals surface area contributed by atoms with Gasteiger partial charge in [-0.25, -0.2) is 14.4 Å². The van der Waals surface area contributed by atoms with Gasteiger partial charge in [0.05, 0.1) is 0 Å². The van der Waals surface area contributed by atoms with Crippen molar-refractivity contribution in [3.63, 3.8) is 0 Å². The summed E-state index contributed by atoms with van der Waals surface area (Å²) in [5.74, 6) is 0.541. The van der Waals surface area contributed by atoms with Gasteiger partial charge in [-0.05, 0) is 30.7 Å². The molecule has 0 aliphatic rings. The van der Waals surface area contributed by atoms with Gasteiger partial charge in [-0.2, -0.15) is 0 Å². The molecule has 0 spiro atoms. The van der Waals surface area contributed by atoms with Crippen molar-refractivity contribution in [2.24, 2.45) is 0 Å². The molecule has 0 amide bonds. The van der Waals surface area contributed by atoms with Gasteiger partial charge in [-0.1, -0.05) is 23.4 Å². The van der Waals surface area contributed by atoms with Crippen LogP contribution in [0.15, 0.2) is 29.4 Å². The molecule has 94 valence electrons. The molecule has 2 rings (SSSR count). The third kappa shape index (κ3) is 3.34. The lowest BCUT2D eigenvalue weighted by Crippen LogP contribution is -1.97. The van der Waals surface area contributed by atoms with Crippen molar-refractivity contribution in [1.29, 1.82) is 0 Å². The summed E-state index contributed by atoms with van der Waals surface area (Å²) in [4.78, 5) is 8.29. The van der Waals surface area contributed by atoms with E-state index in [4.69, 9.17) is 17.3 Å². The maximum atomic E-state index is 13.5. The van der Waals surface area contributed by atoms with E-state index < -0.39 is 0 Å². The summed E-state index contributed by atoms with van der Waals surface area (Å²) in [7, 11) is 0. The number of benzene rings is 1. The van der Waals surface area contributed by atoms with Gasteiger partial charge in [0.25, 0.3) is 0 Å². The van der Waals surface area contributed by atoms with E-state index in [9.17, 15) is 4.39 Å². The number of anilines is 1. The van der Waals surface area contributed by atoms with E-state index >= 15 is 0 Å². The fourth-order valence-corrected chi connectivity index (χ4v) is 2.50. The largest absolute Gasteiger partial charge is 0.384 e. The predicted molar refractivity (Wildman–Crippen MR) is 72.2 cm³/mol. The summed E-state index contributed by atoms with van der Waals surface area (Å²) in [6, 6.07) is 6.16. The highest BCUT2D eigenvalue weighted by atomic mass is 35.5. The summed E-state index contributed by atoms with van der Waals surface area (Å²) in [6.07, 6.45) is 0. The number of hydrogen-bond acceptors (Lipinski definition) is 4. The molecule has 0 atom stereocenters. The Morgan fingerprint density at radius 1 is 1.33 bits per heavy atom. The molecule has 1 aromatic carbocycles. The lowest BCUT2D eigenvalue weighted by atomic mass is 10.2. The average Bonchev–Trinajstić information content (AvgIpc) is 2.29. The normalized spacial score (nSPS) is 10.6. The molecule has 0 fully saturated rings. The van der Waals surface area contributed by atoms with Crippen molar-refractivity contribution in [1.82, 2.24) is 9.97 Å². The molecule has 0 bridgehead atoms. The van der Waals surface area contributed by atoms with Crippen molar-refractivity contribution >= 4 is 29.2 Å². The highest BCUT2D eigenvalue weighted by Crippen LogP contribution is 2.24. The van der Waals surface area contributed by atoms with Crippen LogP contribution in [0.5, 0.6) is 0 Å². The van der Waals surface area contributed by atoms with Crippen molar-refractivity contribution < 1.29 is 4.39 Å². The summed E-state index contributed by atoms with van der Waals surface area (Å²) in [6.45, 7) is 1.84. The van der Waals surface area contributed by atoms with Crippen LogP contribution in [0.25, 0.3) is 0 Å². The molecule has 18 heavy (non-hydrogen) atoms. The monoisotopic (exact) mass is 283 g/mol. The summed E-state index contributed by atoms with van der Waals surface area (Å²) in [5.41, 5.74) is 6.94. The van der Waals surface area contributed by atoms with Gasteiger partial charge in [-0.3, -0.25) is 0 Å². The van der Waals surface area contributed by atoms with E-state index in [0.29, 0.717) is 27.3 Å². The van der Waals surface area contributed by atoms with Crippen LogP contribution in [0.4, 0.5) is 10.2 Å². The van der Waals surface area contributed by atoms with E-state index in [1.807, 2.05) is 6.92 Å². The molecule has 1 aromatic heterocycles. The molecule has 0 aliphatic carbocycles. The van der Waals surface area contributed by atoms with E-state index in [1.165, 1.54) is 23.9 Å². The number of nitrogens with zero attached hydrogens (tertiary/aromatic N) is 2. The van der Waals surface area contributed by atoms with Gasteiger partial charge >= 0.3 is 0 Å². The van der Waals surface area contributed by atoms with Gasteiger partial charge in [-0.15, -0.1) is 0 Å². The Hall–Kier alpha value is -1.33. The molecule has 1 heterocycles. The average molecular weight is 284 g/mol. The van der Waals surface area contributed by atoms with Gasteiger partial charge in [0.2, 0.25) is 0 Å². The topological polar surface area (TPSA) is 51.8 Å². The minimum atomic E-state index is -0.285. The number of aromatic nitrogens is 2. The minimum absolute atomic E-state index is 0.285. The molecule has 0 aliphatic heterocycles. The standard InChI is InChI=1S/C12H11ClFN3S/c1-7-4-11(15)17-12(16-7)18-6-8-5-9(13)2-3-10(8)14/h2-5H,6H2,1H3,(H2,15,16,17). The SMILES string of the molecule is Cc1cc(N)nc(SCc2cc(Cl)ccc2F)n1. The molecule has 0 saturated heterocycles. The Balaban J connectivity index is 2.13. The van der Waals surface area contributed by atoms with Gasteiger partial charge in [0.1, 0.15) is 11.6 Å². The number of aryl methyl sites for hydroxylation is 1. The molecule has 3 nitrogen and oxygen atoms in total. The smallest absolute Gasteiger partial charge is 0.190 e. The third-order valence-corrected chi connectivity index (χ3v) is 3.35. The highest BCUT2D eigenvalue weighted by Gasteiger charge is 2.06. The number of thioether (sulfide) groups is 1. The van der Waals surface area contributed by atoms with Crippen LogP contribution >= 0.6 is 23.4 Å². The number of rotatable bonds is 3. The van der Waals surface area contributed by atoms with Crippen molar-refractivity contribution in [2.45, 2.75) is 17.8 Å². The fraction of sp³-hybridized carbons (Fsp3) is 0.167. The Bertz CT molecular complexity index is 557. The Kier molecular flexibility index (Phi) is 4.04. The van der Waals surface area contributed by atoms with Crippen molar-refractivity contribution in [2.75, 3.05) is 5.73 Å². The molecule has 2 N–H and O–H groups in total.